The highest BCUT2D eigenvalue weighted by Gasteiger charge is 2.24. The van der Waals surface area contributed by atoms with Crippen molar-refractivity contribution in [2.45, 2.75) is 10.9 Å². The van der Waals surface area contributed by atoms with Gasteiger partial charge < -0.3 is 5.32 Å². The highest BCUT2D eigenvalue weighted by molar-refractivity contribution is 9.10. The van der Waals surface area contributed by atoms with Gasteiger partial charge in [-0.15, -0.1) is 0 Å². The molecule has 3 aromatic rings. The molecule has 0 aromatic heterocycles. The molecule has 0 saturated heterocycles. The number of carbonyl (C=O) groups excluding carboxylic acids is 1. The molecule has 30 heavy (non-hydrogen) atoms. The Labute approximate surface area is 181 Å². The van der Waals surface area contributed by atoms with Gasteiger partial charge in [0.1, 0.15) is 11.6 Å². The van der Waals surface area contributed by atoms with Crippen LogP contribution in [0.3, 0.4) is 0 Å². The van der Waals surface area contributed by atoms with E-state index in [2.05, 4.69) is 26.0 Å². The molecular formula is C21H17BrF2N2O3S. The Balaban J connectivity index is 2.04. The topological polar surface area (TPSA) is 75.3 Å². The molecule has 9 heteroatoms. The fourth-order valence-electron chi connectivity index (χ4n) is 2.89. The average Bonchev–Trinajstić information content (AvgIpc) is 2.73. The van der Waals surface area contributed by atoms with E-state index in [1.165, 1.54) is 19.2 Å². The standard InChI is InChI=1S/C21H17BrF2N2O3S/c1-25-30(28,29)15-8-10-18(23)17(12-15)21(27)26-20(13-5-3-2-4-6-13)16-9-7-14(22)11-19(16)24/h2-12,20,25H,1H3,(H,26,27). The van der Waals surface area contributed by atoms with E-state index in [-0.39, 0.29) is 10.5 Å². The van der Waals surface area contributed by atoms with Crippen molar-refractivity contribution in [1.29, 1.82) is 0 Å². The molecule has 5 nitrogen and oxygen atoms in total. The summed E-state index contributed by atoms with van der Waals surface area (Å²) >= 11 is 3.19. The summed E-state index contributed by atoms with van der Waals surface area (Å²) in [5.74, 6) is -2.34. The van der Waals surface area contributed by atoms with Crippen LogP contribution in [-0.2, 0) is 10.0 Å². The molecule has 0 saturated carbocycles. The zero-order valence-electron chi connectivity index (χ0n) is 15.7. The predicted molar refractivity (Wildman–Crippen MR) is 112 cm³/mol. The smallest absolute Gasteiger partial charge is 0.255 e. The van der Waals surface area contributed by atoms with Gasteiger partial charge in [0.15, 0.2) is 0 Å². The van der Waals surface area contributed by atoms with E-state index in [0.717, 1.165) is 18.2 Å². The van der Waals surface area contributed by atoms with Crippen LogP contribution in [0.5, 0.6) is 0 Å². The SMILES string of the molecule is CNS(=O)(=O)c1ccc(F)c(C(=O)NC(c2ccccc2)c2ccc(Br)cc2F)c1. The Kier molecular flexibility index (Phi) is 6.64. The van der Waals surface area contributed by atoms with Gasteiger partial charge in [-0.3, -0.25) is 4.79 Å². The quantitative estimate of drug-likeness (QED) is 0.540. The Morgan fingerprint density at radius 1 is 0.967 bits per heavy atom. The van der Waals surface area contributed by atoms with Crippen LogP contribution < -0.4 is 10.0 Å². The molecule has 0 spiro atoms. The van der Waals surface area contributed by atoms with Crippen LogP contribution in [-0.4, -0.2) is 21.4 Å². The van der Waals surface area contributed by atoms with Gasteiger partial charge in [0.2, 0.25) is 10.0 Å². The minimum absolute atomic E-state index is 0.178. The fraction of sp³-hybridized carbons (Fsp3) is 0.0952. The molecule has 2 N–H and O–H groups in total. The first-order valence-corrected chi connectivity index (χ1v) is 11.0. The number of rotatable bonds is 6. The molecule has 1 atom stereocenters. The molecule has 0 aliphatic heterocycles. The summed E-state index contributed by atoms with van der Waals surface area (Å²) in [5, 5.41) is 2.61. The number of benzene rings is 3. The van der Waals surface area contributed by atoms with Crippen LogP contribution in [0.2, 0.25) is 0 Å². The molecule has 1 unspecified atom stereocenters. The maximum atomic E-state index is 14.6. The molecule has 0 fully saturated rings. The van der Waals surface area contributed by atoms with E-state index in [1.807, 2.05) is 0 Å². The molecule has 156 valence electrons. The summed E-state index contributed by atoms with van der Waals surface area (Å²) in [6.45, 7) is 0. The summed E-state index contributed by atoms with van der Waals surface area (Å²) in [6, 6.07) is 15.0. The van der Waals surface area contributed by atoms with Crippen LogP contribution in [0.15, 0.2) is 76.1 Å². The molecular weight excluding hydrogens is 478 g/mol. The lowest BCUT2D eigenvalue weighted by atomic mass is 9.97. The second kappa shape index (κ2) is 9.03. The fourth-order valence-corrected chi connectivity index (χ4v) is 3.98. The van der Waals surface area contributed by atoms with Gasteiger partial charge in [0, 0.05) is 10.0 Å². The summed E-state index contributed by atoms with van der Waals surface area (Å²) in [5.41, 5.74) is 0.286. The van der Waals surface area contributed by atoms with E-state index in [1.54, 1.807) is 36.4 Å². The van der Waals surface area contributed by atoms with Gasteiger partial charge in [-0.25, -0.2) is 21.9 Å². The number of hydrogen-bond donors (Lipinski definition) is 2. The van der Waals surface area contributed by atoms with Gasteiger partial charge in [-0.2, -0.15) is 0 Å². The Bertz CT molecular complexity index is 1190. The lowest BCUT2D eigenvalue weighted by Crippen LogP contribution is -2.31. The van der Waals surface area contributed by atoms with Crippen LogP contribution in [0.25, 0.3) is 0 Å². The number of hydrogen-bond acceptors (Lipinski definition) is 3. The summed E-state index contributed by atoms with van der Waals surface area (Å²) in [4.78, 5) is 12.6. The van der Waals surface area contributed by atoms with E-state index in [4.69, 9.17) is 0 Å². The van der Waals surface area contributed by atoms with Crippen LogP contribution in [0.1, 0.15) is 27.5 Å². The molecule has 3 aromatic carbocycles. The monoisotopic (exact) mass is 494 g/mol. The second-order valence-electron chi connectivity index (χ2n) is 6.33. The molecule has 0 aliphatic carbocycles. The zero-order valence-corrected chi connectivity index (χ0v) is 18.1. The Morgan fingerprint density at radius 2 is 1.67 bits per heavy atom. The van der Waals surface area contributed by atoms with E-state index in [9.17, 15) is 22.0 Å². The number of carbonyl (C=O) groups is 1. The Morgan fingerprint density at radius 3 is 2.30 bits per heavy atom. The molecule has 0 radical (unpaired) electrons. The third-order valence-electron chi connectivity index (χ3n) is 4.44. The zero-order chi connectivity index (χ0) is 21.9. The van der Waals surface area contributed by atoms with E-state index < -0.39 is 39.2 Å². The van der Waals surface area contributed by atoms with Crippen LogP contribution >= 0.6 is 15.9 Å². The van der Waals surface area contributed by atoms with Crippen molar-refractivity contribution in [2.75, 3.05) is 7.05 Å². The van der Waals surface area contributed by atoms with Crippen molar-refractivity contribution in [3.05, 3.63) is 99.5 Å². The van der Waals surface area contributed by atoms with Crippen LogP contribution in [0.4, 0.5) is 8.78 Å². The predicted octanol–water partition coefficient (Wildman–Crippen LogP) is 4.15. The van der Waals surface area contributed by atoms with Gasteiger partial charge in [-0.1, -0.05) is 52.3 Å². The first kappa shape index (κ1) is 22.1. The highest BCUT2D eigenvalue weighted by atomic mass is 79.9. The van der Waals surface area contributed by atoms with Gasteiger partial charge in [-0.05, 0) is 42.9 Å². The van der Waals surface area contributed by atoms with E-state index >= 15 is 0 Å². The largest absolute Gasteiger partial charge is 0.341 e. The first-order chi connectivity index (χ1) is 14.2. The van der Waals surface area contributed by atoms with Gasteiger partial charge >= 0.3 is 0 Å². The maximum Gasteiger partial charge on any atom is 0.255 e. The lowest BCUT2D eigenvalue weighted by Gasteiger charge is -2.21. The maximum absolute atomic E-state index is 14.6. The first-order valence-electron chi connectivity index (χ1n) is 8.77. The summed E-state index contributed by atoms with van der Waals surface area (Å²) in [6.07, 6.45) is 0. The molecule has 1 amide bonds. The molecule has 0 heterocycles. The second-order valence-corrected chi connectivity index (χ2v) is 9.13. The number of nitrogens with one attached hydrogen (secondary N) is 2. The number of sulfonamides is 1. The van der Waals surface area contributed by atoms with Crippen molar-refractivity contribution in [3.8, 4) is 0 Å². The highest BCUT2D eigenvalue weighted by Crippen LogP contribution is 2.27. The number of amides is 1. The molecule has 0 bridgehead atoms. The average molecular weight is 495 g/mol. The van der Waals surface area contributed by atoms with Crippen molar-refractivity contribution in [1.82, 2.24) is 10.0 Å². The van der Waals surface area contributed by atoms with Crippen molar-refractivity contribution < 1.29 is 22.0 Å². The van der Waals surface area contributed by atoms with Gasteiger partial charge in [0.05, 0.1) is 16.5 Å². The van der Waals surface area contributed by atoms with Crippen molar-refractivity contribution >= 4 is 31.9 Å². The van der Waals surface area contributed by atoms with E-state index in [0.29, 0.717) is 10.0 Å². The van der Waals surface area contributed by atoms with Crippen molar-refractivity contribution in [2.24, 2.45) is 0 Å². The van der Waals surface area contributed by atoms with Gasteiger partial charge in [0.25, 0.3) is 5.91 Å². The summed E-state index contributed by atoms with van der Waals surface area (Å²) < 4.78 is 55.6. The third-order valence-corrected chi connectivity index (χ3v) is 6.35. The normalized spacial score (nSPS) is 12.4. The molecule has 3 rings (SSSR count). The summed E-state index contributed by atoms with van der Waals surface area (Å²) in [7, 11) is -2.67. The lowest BCUT2D eigenvalue weighted by molar-refractivity contribution is 0.0938. The third kappa shape index (κ3) is 4.75. The Hall–Kier alpha value is -2.62. The van der Waals surface area contributed by atoms with Crippen LogP contribution in [0, 0.1) is 11.6 Å². The minimum atomic E-state index is -3.88. The number of halogens is 3. The minimum Gasteiger partial charge on any atom is -0.341 e. The van der Waals surface area contributed by atoms with Crippen molar-refractivity contribution in [3.63, 3.8) is 0 Å². The molecule has 0 aliphatic rings.